The van der Waals surface area contributed by atoms with Gasteiger partial charge in [0.2, 0.25) is 5.91 Å². The molecule has 4 nitrogen and oxygen atoms in total. The highest BCUT2D eigenvalue weighted by Crippen LogP contribution is 2.12. The predicted molar refractivity (Wildman–Crippen MR) is 59.7 cm³/mol. The van der Waals surface area contributed by atoms with Gasteiger partial charge in [0.05, 0.1) is 23.3 Å². The van der Waals surface area contributed by atoms with E-state index in [1.807, 2.05) is 24.1 Å². The van der Waals surface area contributed by atoms with Crippen LogP contribution in [0.25, 0.3) is 0 Å². The molecule has 0 aromatic carbocycles. The summed E-state index contributed by atoms with van der Waals surface area (Å²) in [6.07, 6.45) is 0. The van der Waals surface area contributed by atoms with Crippen molar-refractivity contribution < 1.29 is 4.79 Å². The average Bonchev–Trinajstić information content (AvgIpc) is 2.59. The maximum atomic E-state index is 11.8. The fraction of sp³-hybridized carbons (Fsp3) is 0.600. The second-order valence-corrected chi connectivity index (χ2v) is 4.86. The Bertz CT molecular complexity index is 363. The zero-order valence-corrected chi connectivity index (χ0v) is 9.80. The Morgan fingerprint density at radius 2 is 2.53 bits per heavy atom. The fourth-order valence-electron chi connectivity index (χ4n) is 1.72. The molecule has 1 aromatic rings. The van der Waals surface area contributed by atoms with Gasteiger partial charge in [-0.2, -0.15) is 0 Å². The van der Waals surface area contributed by atoms with Crippen LogP contribution in [0.3, 0.4) is 0 Å². The topological polar surface area (TPSA) is 45.2 Å². The number of hydrogen-bond donors (Lipinski definition) is 1. The van der Waals surface area contributed by atoms with Gasteiger partial charge in [-0.3, -0.25) is 4.79 Å². The molecule has 82 valence electrons. The number of aromatic nitrogens is 1. The SMILES string of the molecule is Cc1nc(CN2CCNC(C)C2=O)cs1. The van der Waals surface area contributed by atoms with Crippen molar-refractivity contribution in [2.75, 3.05) is 13.1 Å². The van der Waals surface area contributed by atoms with Gasteiger partial charge in [0.1, 0.15) is 0 Å². The summed E-state index contributed by atoms with van der Waals surface area (Å²) in [7, 11) is 0. The van der Waals surface area contributed by atoms with Crippen molar-refractivity contribution in [1.82, 2.24) is 15.2 Å². The van der Waals surface area contributed by atoms with E-state index >= 15 is 0 Å². The summed E-state index contributed by atoms with van der Waals surface area (Å²) < 4.78 is 0. The van der Waals surface area contributed by atoms with Crippen LogP contribution in [0.15, 0.2) is 5.38 Å². The van der Waals surface area contributed by atoms with Crippen LogP contribution in [0.1, 0.15) is 17.6 Å². The predicted octanol–water partition coefficient (Wildman–Crippen LogP) is 0.772. The van der Waals surface area contributed by atoms with Crippen LogP contribution in [0.2, 0.25) is 0 Å². The van der Waals surface area contributed by atoms with Crippen LogP contribution in [-0.2, 0) is 11.3 Å². The number of rotatable bonds is 2. The standard InChI is InChI=1S/C10H15N3OS/c1-7-10(14)13(4-3-11-7)5-9-6-15-8(2)12-9/h6-7,11H,3-5H2,1-2H3. The largest absolute Gasteiger partial charge is 0.334 e. The molecule has 1 unspecified atom stereocenters. The Balaban J connectivity index is 2.02. The van der Waals surface area contributed by atoms with E-state index in [1.54, 1.807) is 11.3 Å². The molecule has 0 radical (unpaired) electrons. The Morgan fingerprint density at radius 1 is 1.73 bits per heavy atom. The van der Waals surface area contributed by atoms with Gasteiger partial charge in [-0.05, 0) is 13.8 Å². The second-order valence-electron chi connectivity index (χ2n) is 3.79. The van der Waals surface area contributed by atoms with Crippen LogP contribution < -0.4 is 5.32 Å². The number of thiazole rings is 1. The van der Waals surface area contributed by atoms with Gasteiger partial charge in [0.15, 0.2) is 0 Å². The van der Waals surface area contributed by atoms with Crippen molar-refractivity contribution in [3.63, 3.8) is 0 Å². The van der Waals surface area contributed by atoms with Crippen LogP contribution in [0, 0.1) is 6.92 Å². The van der Waals surface area contributed by atoms with Gasteiger partial charge in [0, 0.05) is 18.5 Å². The number of amides is 1. The first-order valence-electron chi connectivity index (χ1n) is 5.10. The molecule has 1 aromatic heterocycles. The molecule has 1 aliphatic rings. The Morgan fingerprint density at radius 3 is 3.20 bits per heavy atom. The monoisotopic (exact) mass is 225 g/mol. The molecular formula is C10H15N3OS. The van der Waals surface area contributed by atoms with Crippen molar-refractivity contribution in [2.45, 2.75) is 26.4 Å². The van der Waals surface area contributed by atoms with Crippen LogP contribution in [0.5, 0.6) is 0 Å². The van der Waals surface area contributed by atoms with E-state index in [2.05, 4.69) is 10.3 Å². The number of carbonyl (C=O) groups excluding carboxylic acids is 1. The van der Waals surface area contributed by atoms with Crippen LogP contribution in [-0.4, -0.2) is 34.9 Å². The van der Waals surface area contributed by atoms with Gasteiger partial charge in [0.25, 0.3) is 0 Å². The Hall–Kier alpha value is -0.940. The highest BCUT2D eigenvalue weighted by molar-refractivity contribution is 7.09. The Labute approximate surface area is 93.3 Å². The maximum absolute atomic E-state index is 11.8. The van der Waals surface area contributed by atoms with E-state index in [9.17, 15) is 4.79 Å². The number of nitrogens with one attached hydrogen (secondary N) is 1. The van der Waals surface area contributed by atoms with Gasteiger partial charge in [-0.1, -0.05) is 0 Å². The molecule has 1 atom stereocenters. The van der Waals surface area contributed by atoms with E-state index in [0.717, 1.165) is 23.8 Å². The van der Waals surface area contributed by atoms with Gasteiger partial charge in [-0.25, -0.2) is 4.98 Å². The molecule has 0 bridgehead atoms. The quantitative estimate of drug-likeness (QED) is 0.808. The summed E-state index contributed by atoms with van der Waals surface area (Å²) in [6, 6.07) is -0.0570. The molecular weight excluding hydrogens is 210 g/mol. The van der Waals surface area contributed by atoms with Gasteiger partial charge in [-0.15, -0.1) is 11.3 Å². The van der Waals surface area contributed by atoms with E-state index in [1.165, 1.54) is 0 Å². The van der Waals surface area contributed by atoms with Gasteiger partial charge >= 0.3 is 0 Å². The van der Waals surface area contributed by atoms with E-state index in [-0.39, 0.29) is 11.9 Å². The minimum atomic E-state index is -0.0570. The Kier molecular flexibility index (Phi) is 3.02. The smallest absolute Gasteiger partial charge is 0.239 e. The van der Waals surface area contributed by atoms with Crippen LogP contribution in [0.4, 0.5) is 0 Å². The molecule has 1 N–H and O–H groups in total. The molecule has 2 rings (SSSR count). The summed E-state index contributed by atoms with van der Waals surface area (Å²) in [6.45, 7) is 6.18. The lowest BCUT2D eigenvalue weighted by Gasteiger charge is -2.30. The van der Waals surface area contributed by atoms with Gasteiger partial charge < -0.3 is 10.2 Å². The molecule has 5 heteroatoms. The molecule has 0 aliphatic carbocycles. The fourth-order valence-corrected chi connectivity index (χ4v) is 2.32. The number of aryl methyl sites for hydroxylation is 1. The number of nitrogens with zero attached hydrogens (tertiary/aromatic N) is 2. The molecule has 0 spiro atoms. The summed E-state index contributed by atoms with van der Waals surface area (Å²) in [5.74, 6) is 0.173. The lowest BCUT2D eigenvalue weighted by atomic mass is 10.2. The lowest BCUT2D eigenvalue weighted by Crippen LogP contribution is -2.53. The third-order valence-electron chi connectivity index (χ3n) is 2.53. The van der Waals surface area contributed by atoms with Crippen molar-refractivity contribution in [3.05, 3.63) is 16.1 Å². The lowest BCUT2D eigenvalue weighted by molar-refractivity contribution is -0.135. The van der Waals surface area contributed by atoms with E-state index in [4.69, 9.17) is 0 Å². The first-order valence-corrected chi connectivity index (χ1v) is 5.98. The molecule has 1 amide bonds. The molecule has 1 saturated heterocycles. The summed E-state index contributed by atoms with van der Waals surface area (Å²) in [4.78, 5) is 18.0. The molecule has 0 saturated carbocycles. The molecule has 1 fully saturated rings. The number of hydrogen-bond acceptors (Lipinski definition) is 4. The highest BCUT2D eigenvalue weighted by atomic mass is 32.1. The summed E-state index contributed by atoms with van der Waals surface area (Å²) in [5, 5.41) is 6.22. The van der Waals surface area contributed by atoms with Crippen molar-refractivity contribution >= 4 is 17.2 Å². The van der Waals surface area contributed by atoms with E-state index < -0.39 is 0 Å². The number of piperazine rings is 1. The molecule has 2 heterocycles. The minimum absolute atomic E-state index is 0.0570. The average molecular weight is 225 g/mol. The zero-order chi connectivity index (χ0) is 10.8. The van der Waals surface area contributed by atoms with Crippen molar-refractivity contribution in [2.24, 2.45) is 0 Å². The third-order valence-corrected chi connectivity index (χ3v) is 3.36. The first-order chi connectivity index (χ1) is 7.16. The molecule has 15 heavy (non-hydrogen) atoms. The first kappa shape index (κ1) is 10.6. The number of carbonyl (C=O) groups is 1. The van der Waals surface area contributed by atoms with E-state index in [0.29, 0.717) is 6.54 Å². The normalized spacial score (nSPS) is 22.1. The molecule has 1 aliphatic heterocycles. The summed E-state index contributed by atoms with van der Waals surface area (Å²) in [5.41, 5.74) is 1.000. The summed E-state index contributed by atoms with van der Waals surface area (Å²) >= 11 is 1.63. The van der Waals surface area contributed by atoms with Crippen LogP contribution >= 0.6 is 11.3 Å². The highest BCUT2D eigenvalue weighted by Gasteiger charge is 2.24. The third kappa shape index (κ3) is 2.35. The minimum Gasteiger partial charge on any atom is -0.334 e. The van der Waals surface area contributed by atoms with Crippen molar-refractivity contribution in [1.29, 1.82) is 0 Å². The maximum Gasteiger partial charge on any atom is 0.239 e. The zero-order valence-electron chi connectivity index (χ0n) is 8.99. The van der Waals surface area contributed by atoms with Crippen molar-refractivity contribution in [3.8, 4) is 0 Å². The second kappa shape index (κ2) is 4.28.